The molecular weight excluding hydrogens is 238 g/mol. The SMILES string of the molecule is COc1cccnc1N1CCNCC12CCCCC2. The van der Waals surface area contributed by atoms with Crippen LogP contribution >= 0.6 is 0 Å². The number of nitrogens with zero attached hydrogens (tertiary/aromatic N) is 2. The third kappa shape index (κ3) is 2.29. The van der Waals surface area contributed by atoms with Gasteiger partial charge in [0.2, 0.25) is 0 Å². The summed E-state index contributed by atoms with van der Waals surface area (Å²) >= 11 is 0. The fraction of sp³-hybridized carbons (Fsp3) is 0.667. The summed E-state index contributed by atoms with van der Waals surface area (Å²) in [4.78, 5) is 7.10. The highest BCUT2D eigenvalue weighted by Crippen LogP contribution is 2.39. The van der Waals surface area contributed by atoms with Crippen molar-refractivity contribution in [1.82, 2.24) is 10.3 Å². The lowest BCUT2D eigenvalue weighted by Crippen LogP contribution is -2.62. The van der Waals surface area contributed by atoms with Crippen molar-refractivity contribution in [3.05, 3.63) is 18.3 Å². The number of nitrogens with one attached hydrogen (secondary N) is 1. The van der Waals surface area contributed by atoms with E-state index in [1.54, 1.807) is 7.11 Å². The van der Waals surface area contributed by atoms with Crippen LogP contribution in [0.2, 0.25) is 0 Å². The van der Waals surface area contributed by atoms with Gasteiger partial charge in [-0.25, -0.2) is 4.98 Å². The smallest absolute Gasteiger partial charge is 0.171 e. The van der Waals surface area contributed by atoms with E-state index in [-0.39, 0.29) is 5.54 Å². The largest absolute Gasteiger partial charge is 0.493 e. The fourth-order valence-corrected chi connectivity index (χ4v) is 3.58. The Bertz CT molecular complexity index is 421. The predicted octanol–water partition coefficient (Wildman–Crippen LogP) is 2.20. The number of aromatic nitrogens is 1. The number of anilines is 1. The van der Waals surface area contributed by atoms with E-state index in [4.69, 9.17) is 4.74 Å². The van der Waals surface area contributed by atoms with Gasteiger partial charge in [0.15, 0.2) is 11.6 Å². The first-order valence-electron chi connectivity index (χ1n) is 7.33. The minimum atomic E-state index is 0.248. The standard InChI is InChI=1S/C15H23N3O/c1-19-13-6-5-9-17-14(13)18-11-10-16-12-15(18)7-3-2-4-8-15/h5-6,9,16H,2-4,7-8,10-12H2,1H3. The Balaban J connectivity index is 1.95. The van der Waals surface area contributed by atoms with Crippen LogP contribution in [0.4, 0.5) is 5.82 Å². The molecule has 4 nitrogen and oxygen atoms in total. The second-order valence-electron chi connectivity index (χ2n) is 5.64. The van der Waals surface area contributed by atoms with E-state index < -0.39 is 0 Å². The Morgan fingerprint density at radius 2 is 2.16 bits per heavy atom. The first-order chi connectivity index (χ1) is 9.36. The molecule has 0 radical (unpaired) electrons. The van der Waals surface area contributed by atoms with E-state index in [9.17, 15) is 0 Å². The van der Waals surface area contributed by atoms with Crippen LogP contribution in [0.3, 0.4) is 0 Å². The highest BCUT2D eigenvalue weighted by molar-refractivity contribution is 5.55. The lowest BCUT2D eigenvalue weighted by atomic mass is 9.79. The van der Waals surface area contributed by atoms with Gasteiger partial charge in [-0.05, 0) is 25.0 Å². The van der Waals surface area contributed by atoms with Crippen molar-refractivity contribution >= 4 is 5.82 Å². The van der Waals surface area contributed by atoms with Crippen molar-refractivity contribution in [2.45, 2.75) is 37.6 Å². The normalized spacial score (nSPS) is 22.5. The third-order valence-corrected chi connectivity index (χ3v) is 4.55. The van der Waals surface area contributed by atoms with Crippen LogP contribution in [0, 0.1) is 0 Å². The molecule has 1 saturated carbocycles. The monoisotopic (exact) mass is 261 g/mol. The summed E-state index contributed by atoms with van der Waals surface area (Å²) < 4.78 is 5.51. The lowest BCUT2D eigenvalue weighted by Gasteiger charge is -2.50. The fourth-order valence-electron chi connectivity index (χ4n) is 3.58. The predicted molar refractivity (Wildman–Crippen MR) is 76.8 cm³/mol. The second-order valence-corrected chi connectivity index (χ2v) is 5.64. The molecule has 0 aromatic carbocycles. The van der Waals surface area contributed by atoms with Crippen molar-refractivity contribution in [3.8, 4) is 5.75 Å². The van der Waals surface area contributed by atoms with Crippen LogP contribution in [0.5, 0.6) is 5.75 Å². The van der Waals surface area contributed by atoms with E-state index >= 15 is 0 Å². The lowest BCUT2D eigenvalue weighted by molar-refractivity contribution is 0.237. The maximum absolute atomic E-state index is 5.51. The Morgan fingerprint density at radius 3 is 2.95 bits per heavy atom. The summed E-state index contributed by atoms with van der Waals surface area (Å²) in [6.45, 7) is 3.13. The van der Waals surface area contributed by atoms with Crippen molar-refractivity contribution in [1.29, 1.82) is 0 Å². The number of ether oxygens (including phenoxy) is 1. The van der Waals surface area contributed by atoms with Gasteiger partial charge in [-0.15, -0.1) is 0 Å². The van der Waals surface area contributed by atoms with Gasteiger partial charge < -0.3 is 15.0 Å². The van der Waals surface area contributed by atoms with Gasteiger partial charge in [0.25, 0.3) is 0 Å². The maximum atomic E-state index is 5.51. The van der Waals surface area contributed by atoms with Crippen molar-refractivity contribution < 1.29 is 4.74 Å². The first-order valence-corrected chi connectivity index (χ1v) is 7.33. The average Bonchev–Trinajstić information content (AvgIpc) is 2.49. The summed E-state index contributed by atoms with van der Waals surface area (Å²) in [7, 11) is 1.73. The molecule has 4 heteroatoms. The van der Waals surface area contributed by atoms with Gasteiger partial charge in [0.1, 0.15) is 0 Å². The van der Waals surface area contributed by atoms with Gasteiger partial charge in [-0.1, -0.05) is 19.3 Å². The number of pyridine rings is 1. The first kappa shape index (κ1) is 12.7. The van der Waals surface area contributed by atoms with E-state index in [0.717, 1.165) is 31.2 Å². The van der Waals surface area contributed by atoms with E-state index in [2.05, 4.69) is 15.2 Å². The Labute approximate surface area is 115 Å². The quantitative estimate of drug-likeness (QED) is 0.885. The molecular formula is C15H23N3O. The zero-order valence-corrected chi connectivity index (χ0v) is 11.7. The summed E-state index contributed by atoms with van der Waals surface area (Å²) in [5, 5.41) is 3.57. The zero-order chi connectivity index (χ0) is 13.1. The molecule has 0 bridgehead atoms. The van der Waals surface area contributed by atoms with Gasteiger partial charge in [0.05, 0.1) is 12.6 Å². The minimum Gasteiger partial charge on any atom is -0.493 e. The van der Waals surface area contributed by atoms with Crippen LogP contribution in [-0.4, -0.2) is 37.3 Å². The molecule has 1 aliphatic carbocycles. The molecule has 3 rings (SSSR count). The molecule has 1 aromatic heterocycles. The molecule has 104 valence electrons. The molecule has 1 aliphatic heterocycles. The van der Waals surface area contributed by atoms with Gasteiger partial charge >= 0.3 is 0 Å². The van der Waals surface area contributed by atoms with Gasteiger partial charge in [0, 0.05) is 25.8 Å². The van der Waals surface area contributed by atoms with Crippen molar-refractivity contribution in [3.63, 3.8) is 0 Å². The second kappa shape index (κ2) is 5.37. The molecule has 1 saturated heterocycles. The number of piperazine rings is 1. The zero-order valence-electron chi connectivity index (χ0n) is 11.7. The van der Waals surface area contributed by atoms with Crippen LogP contribution in [0.15, 0.2) is 18.3 Å². The Kier molecular flexibility index (Phi) is 3.60. The Hall–Kier alpha value is -1.29. The molecule has 2 fully saturated rings. The summed E-state index contributed by atoms with van der Waals surface area (Å²) in [5.41, 5.74) is 0.248. The third-order valence-electron chi connectivity index (χ3n) is 4.55. The molecule has 0 unspecified atom stereocenters. The number of hydrogen-bond acceptors (Lipinski definition) is 4. The molecule has 0 atom stereocenters. The molecule has 1 aromatic rings. The molecule has 2 aliphatic rings. The highest BCUT2D eigenvalue weighted by atomic mass is 16.5. The average molecular weight is 261 g/mol. The van der Waals surface area contributed by atoms with E-state index in [0.29, 0.717) is 0 Å². The number of rotatable bonds is 2. The maximum Gasteiger partial charge on any atom is 0.171 e. The van der Waals surface area contributed by atoms with Gasteiger partial charge in [-0.3, -0.25) is 0 Å². The van der Waals surface area contributed by atoms with E-state index in [1.807, 2.05) is 18.3 Å². The van der Waals surface area contributed by atoms with Crippen LogP contribution in [0.25, 0.3) is 0 Å². The van der Waals surface area contributed by atoms with Crippen molar-refractivity contribution in [2.75, 3.05) is 31.6 Å². The number of hydrogen-bond donors (Lipinski definition) is 1. The highest BCUT2D eigenvalue weighted by Gasteiger charge is 2.41. The van der Waals surface area contributed by atoms with Crippen LogP contribution in [-0.2, 0) is 0 Å². The Morgan fingerprint density at radius 1 is 1.32 bits per heavy atom. The van der Waals surface area contributed by atoms with Crippen LogP contribution < -0.4 is 15.0 Å². The summed E-state index contributed by atoms with van der Waals surface area (Å²) in [5.74, 6) is 1.92. The molecule has 2 heterocycles. The molecule has 19 heavy (non-hydrogen) atoms. The molecule has 1 spiro atoms. The molecule has 0 amide bonds. The summed E-state index contributed by atoms with van der Waals surface area (Å²) in [6.07, 6.45) is 8.42. The number of methoxy groups -OCH3 is 1. The van der Waals surface area contributed by atoms with E-state index in [1.165, 1.54) is 32.1 Å². The summed E-state index contributed by atoms with van der Waals surface area (Å²) in [6, 6.07) is 3.96. The van der Waals surface area contributed by atoms with Crippen LogP contribution in [0.1, 0.15) is 32.1 Å². The minimum absolute atomic E-state index is 0.248. The topological polar surface area (TPSA) is 37.4 Å². The van der Waals surface area contributed by atoms with Crippen molar-refractivity contribution in [2.24, 2.45) is 0 Å². The van der Waals surface area contributed by atoms with Gasteiger partial charge in [-0.2, -0.15) is 0 Å². The molecule has 1 N–H and O–H groups in total.